The van der Waals surface area contributed by atoms with Gasteiger partial charge in [-0.15, -0.1) is 0 Å². The maximum Gasteiger partial charge on any atom is 0.110 e. The number of rotatable bonds is 5. The number of pyridine rings is 1. The number of hydrogen-bond acceptors (Lipinski definition) is 1. The van der Waals surface area contributed by atoms with Crippen LogP contribution in [-0.2, 0) is 0 Å². The van der Waals surface area contributed by atoms with Crippen molar-refractivity contribution in [3.05, 3.63) is 27.0 Å². The zero-order valence-corrected chi connectivity index (χ0v) is 22.6. The molecule has 0 unspecified atom stereocenters. The molecule has 28 heavy (non-hydrogen) atoms. The summed E-state index contributed by atoms with van der Waals surface area (Å²) in [7, 11) is 0. The van der Waals surface area contributed by atoms with Crippen molar-refractivity contribution in [1.29, 1.82) is 0 Å². The largest absolute Gasteiger partial charge is 0.333 e. The van der Waals surface area contributed by atoms with Crippen LogP contribution < -0.4 is 0 Å². The van der Waals surface area contributed by atoms with Crippen molar-refractivity contribution in [1.82, 2.24) is 4.57 Å². The highest BCUT2D eigenvalue weighted by Crippen LogP contribution is 2.40. The van der Waals surface area contributed by atoms with Crippen LogP contribution in [0.2, 0.25) is 0 Å². The molecule has 1 nitrogen and oxygen atoms in total. The van der Waals surface area contributed by atoms with E-state index in [1.165, 1.54) is 22.4 Å². The van der Waals surface area contributed by atoms with E-state index < -0.39 is 0 Å². The van der Waals surface area contributed by atoms with Gasteiger partial charge in [0.25, 0.3) is 0 Å². The summed E-state index contributed by atoms with van der Waals surface area (Å²) >= 11 is 5.97. The summed E-state index contributed by atoms with van der Waals surface area (Å²) in [5.41, 5.74) is 5.89. The monoisotopic (exact) mass is 409 g/mol. The number of nitrogens with zero attached hydrogens (tertiary/aromatic N) is 1. The zero-order chi connectivity index (χ0) is 22.9. The van der Waals surface area contributed by atoms with Crippen molar-refractivity contribution in [3.63, 3.8) is 0 Å². The van der Waals surface area contributed by atoms with Crippen LogP contribution in [0.15, 0.2) is 0 Å². The van der Waals surface area contributed by atoms with E-state index in [0.717, 1.165) is 10.6 Å². The van der Waals surface area contributed by atoms with Gasteiger partial charge in [-0.2, -0.15) is 0 Å². The molecular weight excluding hydrogens is 358 g/mol. The minimum Gasteiger partial charge on any atom is -0.333 e. The van der Waals surface area contributed by atoms with Gasteiger partial charge in [-0.25, -0.2) is 0 Å². The molecule has 0 N–H and O–H groups in total. The summed E-state index contributed by atoms with van der Waals surface area (Å²) < 4.78 is 3.48. The molecule has 0 radical (unpaired) electrons. The van der Waals surface area contributed by atoms with Crippen LogP contribution in [0, 0.1) is 10.6 Å². The molecule has 2 heteroatoms. The van der Waals surface area contributed by atoms with Crippen LogP contribution in [0.3, 0.4) is 0 Å². The molecule has 166 valence electrons. The lowest BCUT2D eigenvalue weighted by Gasteiger charge is -2.32. The average Bonchev–Trinajstić information content (AvgIpc) is 2.53. The maximum atomic E-state index is 5.97. The van der Waals surface area contributed by atoms with Gasteiger partial charge >= 0.3 is 0 Å². The van der Waals surface area contributed by atoms with E-state index in [0.29, 0.717) is 29.7 Å². The minimum absolute atomic E-state index is 0.404. The molecule has 0 saturated heterocycles. The van der Waals surface area contributed by atoms with Crippen LogP contribution in [0.4, 0.5) is 0 Å². The van der Waals surface area contributed by atoms with Crippen LogP contribution in [0.1, 0.15) is 156 Å². The van der Waals surface area contributed by atoms with Crippen molar-refractivity contribution in [2.75, 3.05) is 0 Å². The van der Waals surface area contributed by atoms with Crippen LogP contribution in [0.25, 0.3) is 0 Å². The Bertz CT molecular complexity index is 569. The highest BCUT2D eigenvalue weighted by molar-refractivity contribution is 7.71. The average molecular weight is 410 g/mol. The Morgan fingerprint density at radius 1 is 0.536 bits per heavy atom. The van der Waals surface area contributed by atoms with Gasteiger partial charge in [0.1, 0.15) is 4.64 Å². The molecule has 0 fully saturated rings. The van der Waals surface area contributed by atoms with E-state index in [4.69, 9.17) is 12.2 Å². The second-order valence-electron chi connectivity index (χ2n) is 9.75. The van der Waals surface area contributed by atoms with E-state index in [-0.39, 0.29) is 0 Å². The van der Waals surface area contributed by atoms with Crippen molar-refractivity contribution in [2.45, 2.75) is 134 Å². The highest BCUT2D eigenvalue weighted by atomic mass is 32.1. The van der Waals surface area contributed by atoms with Crippen LogP contribution in [-0.4, -0.2) is 4.57 Å². The van der Waals surface area contributed by atoms with Crippen molar-refractivity contribution >= 4 is 12.2 Å². The molecule has 0 spiro atoms. The third-order valence-electron chi connectivity index (χ3n) is 4.36. The van der Waals surface area contributed by atoms with Gasteiger partial charge in [0.05, 0.1) is 0 Å². The summed E-state index contributed by atoms with van der Waals surface area (Å²) in [5.74, 6) is 2.82. The second kappa shape index (κ2) is 13.6. The van der Waals surface area contributed by atoms with Crippen LogP contribution in [0.5, 0.6) is 0 Å². The van der Waals surface area contributed by atoms with Crippen LogP contribution >= 0.6 is 12.2 Å². The van der Waals surface area contributed by atoms with Gasteiger partial charge < -0.3 is 4.57 Å². The fourth-order valence-electron chi connectivity index (χ4n) is 3.66. The second-order valence-corrected chi connectivity index (χ2v) is 10.1. The molecule has 1 rings (SSSR count). The molecule has 0 aliphatic rings. The normalized spacial score (nSPS) is 11.3. The first-order valence-electron chi connectivity index (χ1n) is 11.6. The zero-order valence-electron chi connectivity index (χ0n) is 21.8. The Morgan fingerprint density at radius 2 is 0.857 bits per heavy atom. The van der Waals surface area contributed by atoms with Gasteiger partial charge in [0.15, 0.2) is 0 Å². The van der Waals surface area contributed by atoms with Crippen molar-refractivity contribution in [2.24, 2.45) is 5.92 Å². The molecule has 1 heterocycles. The topological polar surface area (TPSA) is 4.93 Å². The number of hydrogen-bond donors (Lipinski definition) is 0. The molecule has 0 aliphatic heterocycles. The molecular formula is C26H51NS. The van der Waals surface area contributed by atoms with Gasteiger partial charge in [0.2, 0.25) is 0 Å². The van der Waals surface area contributed by atoms with E-state index in [2.05, 4.69) is 94.6 Å². The predicted molar refractivity (Wildman–Crippen MR) is 134 cm³/mol. The fraction of sp³-hybridized carbons (Fsp3) is 0.808. The van der Waals surface area contributed by atoms with Gasteiger partial charge in [0, 0.05) is 11.7 Å². The first-order valence-corrected chi connectivity index (χ1v) is 12.0. The SMILES string of the molecule is CC.CC(C)C.CC(C)c1c(C(C)C)c(C(C)C)n(C(C)C)c(=S)c1C(C)C. The predicted octanol–water partition coefficient (Wildman–Crippen LogP) is 9.98. The Hall–Kier alpha value is -0.630. The van der Waals surface area contributed by atoms with Crippen molar-refractivity contribution < 1.29 is 0 Å². The quantitative estimate of drug-likeness (QED) is 0.438. The lowest BCUT2D eigenvalue weighted by Crippen LogP contribution is -2.21. The first kappa shape index (κ1) is 29.6. The van der Waals surface area contributed by atoms with Crippen molar-refractivity contribution in [3.8, 4) is 0 Å². The third kappa shape index (κ3) is 8.01. The maximum absolute atomic E-state index is 5.97. The molecule has 0 saturated carbocycles. The molecule has 0 aliphatic carbocycles. The molecule has 0 bridgehead atoms. The summed E-state index contributed by atoms with van der Waals surface area (Å²) in [4.78, 5) is 0. The van der Waals surface area contributed by atoms with E-state index in [9.17, 15) is 0 Å². The lowest BCUT2D eigenvalue weighted by atomic mass is 9.81. The summed E-state index contributed by atoms with van der Waals surface area (Å²) in [5, 5.41) is 0. The lowest BCUT2D eigenvalue weighted by molar-refractivity contribution is 0.521. The molecule has 1 aromatic rings. The summed E-state index contributed by atoms with van der Waals surface area (Å²) in [6.45, 7) is 33.4. The van der Waals surface area contributed by atoms with E-state index in [1.807, 2.05) is 13.8 Å². The summed E-state index contributed by atoms with van der Waals surface area (Å²) in [6, 6.07) is 0.404. The minimum atomic E-state index is 0.404. The highest BCUT2D eigenvalue weighted by Gasteiger charge is 2.26. The van der Waals surface area contributed by atoms with Gasteiger partial charge in [-0.05, 0) is 60.1 Å². The van der Waals surface area contributed by atoms with E-state index >= 15 is 0 Å². The molecule has 0 amide bonds. The molecule has 1 aromatic heterocycles. The Labute approximate surface area is 183 Å². The van der Waals surface area contributed by atoms with Gasteiger partial charge in [-0.3, -0.25) is 0 Å². The van der Waals surface area contributed by atoms with E-state index in [1.54, 1.807) is 0 Å². The Balaban J connectivity index is 0. The number of aromatic nitrogens is 1. The fourth-order valence-corrected chi connectivity index (χ4v) is 4.31. The van der Waals surface area contributed by atoms with Gasteiger partial charge in [-0.1, -0.05) is 102 Å². The Kier molecular flexibility index (Phi) is 14.3. The molecule has 0 aromatic carbocycles. The standard InChI is InChI=1S/C20H35NS.C4H10.C2H6/c1-11(2)16-17(12(3)4)19(14(7)8)21(15(9)10)20(22)18(16)13(5)6;1-4(2)3;1-2/h11-15H,1-10H3;4H,1-3H3;1-2H3. The smallest absolute Gasteiger partial charge is 0.110 e. The molecule has 0 atom stereocenters. The Morgan fingerprint density at radius 3 is 1.07 bits per heavy atom. The third-order valence-corrected chi connectivity index (χ3v) is 4.78. The first-order chi connectivity index (χ1) is 12.7. The summed E-state index contributed by atoms with van der Waals surface area (Å²) in [6.07, 6.45) is 0.